The first-order valence-corrected chi connectivity index (χ1v) is 8.34. The van der Waals surface area contributed by atoms with Gasteiger partial charge in [0.2, 0.25) is 5.91 Å². The van der Waals surface area contributed by atoms with Crippen LogP contribution in [0.15, 0.2) is 35.7 Å². The normalized spacial score (nSPS) is 11.7. The van der Waals surface area contributed by atoms with Crippen molar-refractivity contribution in [3.8, 4) is 5.75 Å². The second-order valence-corrected chi connectivity index (χ2v) is 7.35. The third-order valence-corrected chi connectivity index (χ3v) is 3.66. The van der Waals surface area contributed by atoms with E-state index in [0.717, 1.165) is 22.0 Å². The molecule has 4 nitrogen and oxygen atoms in total. The number of thiazole rings is 1. The van der Waals surface area contributed by atoms with Gasteiger partial charge in [-0.05, 0) is 51.5 Å². The van der Waals surface area contributed by atoms with Crippen molar-refractivity contribution in [3.63, 3.8) is 0 Å². The van der Waals surface area contributed by atoms with Crippen molar-refractivity contribution in [2.45, 2.75) is 39.8 Å². The molecule has 0 bridgehead atoms. The summed E-state index contributed by atoms with van der Waals surface area (Å²) >= 11 is 1.61. The number of benzene rings is 1. The van der Waals surface area contributed by atoms with Gasteiger partial charge in [0, 0.05) is 17.0 Å². The van der Waals surface area contributed by atoms with Crippen molar-refractivity contribution in [1.82, 2.24) is 10.3 Å². The fraction of sp³-hybridized carbons (Fsp3) is 0.333. The maximum atomic E-state index is 11.8. The zero-order chi connectivity index (χ0) is 16.9. The smallest absolute Gasteiger partial charge is 0.244 e. The Hall–Kier alpha value is -2.14. The topological polar surface area (TPSA) is 51.2 Å². The maximum absolute atomic E-state index is 11.8. The lowest BCUT2D eigenvalue weighted by molar-refractivity contribution is -0.117. The van der Waals surface area contributed by atoms with Gasteiger partial charge in [-0.1, -0.05) is 12.1 Å². The van der Waals surface area contributed by atoms with Gasteiger partial charge in [-0.25, -0.2) is 4.98 Å². The molecular weight excluding hydrogens is 308 g/mol. The Morgan fingerprint density at radius 3 is 2.83 bits per heavy atom. The SMILES string of the molecule is Cc1nc(COc2cccc(/C=C/C(=O)NC(C)(C)C)c2)cs1. The van der Waals surface area contributed by atoms with Gasteiger partial charge in [0.25, 0.3) is 0 Å². The Morgan fingerprint density at radius 2 is 2.17 bits per heavy atom. The lowest BCUT2D eigenvalue weighted by Gasteiger charge is -2.18. The van der Waals surface area contributed by atoms with Crippen LogP contribution >= 0.6 is 11.3 Å². The molecule has 0 spiro atoms. The number of ether oxygens (including phenoxy) is 1. The molecular formula is C18H22N2O2S. The number of carbonyl (C=O) groups excluding carboxylic acids is 1. The van der Waals surface area contributed by atoms with E-state index in [4.69, 9.17) is 4.74 Å². The second kappa shape index (κ2) is 7.42. The lowest BCUT2D eigenvalue weighted by Crippen LogP contribution is -2.39. The number of aromatic nitrogens is 1. The average Bonchev–Trinajstić information content (AvgIpc) is 2.87. The molecule has 122 valence electrons. The summed E-state index contributed by atoms with van der Waals surface area (Å²) in [5, 5.41) is 5.92. The Morgan fingerprint density at radius 1 is 1.39 bits per heavy atom. The number of hydrogen-bond acceptors (Lipinski definition) is 4. The summed E-state index contributed by atoms with van der Waals surface area (Å²) in [6.45, 7) is 8.28. The molecule has 2 rings (SSSR count). The highest BCUT2D eigenvalue weighted by Gasteiger charge is 2.11. The molecule has 2 aromatic rings. The second-order valence-electron chi connectivity index (χ2n) is 6.29. The molecule has 1 amide bonds. The number of hydrogen-bond donors (Lipinski definition) is 1. The van der Waals surface area contributed by atoms with Crippen LogP contribution in [0.2, 0.25) is 0 Å². The summed E-state index contributed by atoms with van der Waals surface area (Å²) in [7, 11) is 0. The van der Waals surface area contributed by atoms with Crippen molar-refractivity contribution in [1.29, 1.82) is 0 Å². The third kappa shape index (κ3) is 6.24. The highest BCUT2D eigenvalue weighted by molar-refractivity contribution is 7.09. The van der Waals surface area contributed by atoms with Crippen molar-refractivity contribution < 1.29 is 9.53 Å². The highest BCUT2D eigenvalue weighted by Crippen LogP contribution is 2.17. The molecule has 1 aromatic carbocycles. The minimum atomic E-state index is -0.238. The molecule has 0 atom stereocenters. The van der Waals surface area contributed by atoms with Crippen LogP contribution < -0.4 is 10.1 Å². The van der Waals surface area contributed by atoms with Crippen molar-refractivity contribution in [3.05, 3.63) is 52.0 Å². The van der Waals surface area contributed by atoms with Gasteiger partial charge in [-0.3, -0.25) is 4.79 Å². The van der Waals surface area contributed by atoms with Gasteiger partial charge < -0.3 is 10.1 Å². The van der Waals surface area contributed by atoms with Gasteiger partial charge >= 0.3 is 0 Å². The van der Waals surface area contributed by atoms with Gasteiger partial charge in [0.15, 0.2) is 0 Å². The lowest BCUT2D eigenvalue weighted by atomic mass is 10.1. The summed E-state index contributed by atoms with van der Waals surface area (Å²) < 4.78 is 5.74. The summed E-state index contributed by atoms with van der Waals surface area (Å²) in [5.41, 5.74) is 1.61. The molecule has 0 unspecified atom stereocenters. The summed E-state index contributed by atoms with van der Waals surface area (Å²) in [4.78, 5) is 16.2. The number of carbonyl (C=O) groups is 1. The van der Waals surface area contributed by atoms with Gasteiger partial charge in [-0.2, -0.15) is 0 Å². The van der Waals surface area contributed by atoms with Gasteiger partial charge in [0.1, 0.15) is 12.4 Å². The Bertz CT molecular complexity index is 699. The van der Waals surface area contributed by atoms with Crippen LogP contribution in [0.3, 0.4) is 0 Å². The number of rotatable bonds is 5. The number of nitrogens with zero attached hydrogens (tertiary/aromatic N) is 1. The Balaban J connectivity index is 1.95. The van der Waals surface area contributed by atoms with Crippen molar-refractivity contribution in [2.24, 2.45) is 0 Å². The van der Waals surface area contributed by atoms with E-state index >= 15 is 0 Å². The summed E-state index contributed by atoms with van der Waals surface area (Å²) in [6.07, 6.45) is 3.31. The minimum absolute atomic E-state index is 0.109. The Kier molecular flexibility index (Phi) is 5.55. The largest absolute Gasteiger partial charge is 0.487 e. The first kappa shape index (κ1) is 17.2. The maximum Gasteiger partial charge on any atom is 0.244 e. The molecule has 0 saturated heterocycles. The number of amides is 1. The molecule has 23 heavy (non-hydrogen) atoms. The van der Waals surface area contributed by atoms with Gasteiger partial charge in [-0.15, -0.1) is 11.3 Å². The average molecular weight is 330 g/mol. The standard InChI is InChI=1S/C18H22N2O2S/c1-13-19-15(12-23-13)11-22-16-7-5-6-14(10-16)8-9-17(21)20-18(2,3)4/h5-10,12H,11H2,1-4H3,(H,20,21)/b9-8+. The van der Waals surface area contributed by atoms with Crippen LogP contribution in [0, 0.1) is 6.92 Å². The first-order chi connectivity index (χ1) is 10.8. The fourth-order valence-electron chi connectivity index (χ4n) is 1.92. The Labute approximate surface area is 141 Å². The fourth-order valence-corrected chi connectivity index (χ4v) is 2.52. The molecule has 1 aromatic heterocycles. The number of nitrogens with one attached hydrogen (secondary N) is 1. The molecule has 1 heterocycles. The molecule has 1 N–H and O–H groups in total. The highest BCUT2D eigenvalue weighted by atomic mass is 32.1. The van der Waals surface area contributed by atoms with E-state index in [9.17, 15) is 4.79 Å². The molecule has 0 aliphatic heterocycles. The van der Waals surface area contributed by atoms with Crippen LogP contribution in [0.25, 0.3) is 6.08 Å². The molecule has 0 radical (unpaired) electrons. The third-order valence-electron chi connectivity index (χ3n) is 2.84. The van der Waals surface area contributed by atoms with Crippen LogP contribution in [0.5, 0.6) is 5.75 Å². The van der Waals surface area contributed by atoms with Crippen LogP contribution in [-0.4, -0.2) is 16.4 Å². The molecule has 0 saturated carbocycles. The quantitative estimate of drug-likeness (QED) is 0.844. The van der Waals surface area contributed by atoms with E-state index in [1.165, 1.54) is 6.08 Å². The summed E-state index contributed by atoms with van der Waals surface area (Å²) in [6, 6.07) is 7.63. The van der Waals surface area contributed by atoms with Crippen LogP contribution in [0.1, 0.15) is 37.0 Å². The van der Waals surface area contributed by atoms with Crippen LogP contribution in [0.4, 0.5) is 0 Å². The molecule has 5 heteroatoms. The van der Waals surface area contributed by atoms with E-state index in [2.05, 4.69) is 10.3 Å². The van der Waals surface area contributed by atoms with Gasteiger partial charge in [0.05, 0.1) is 10.7 Å². The molecule has 0 aliphatic carbocycles. The van der Waals surface area contributed by atoms with Crippen molar-refractivity contribution >= 4 is 23.3 Å². The van der Waals surface area contributed by atoms with E-state index in [1.54, 1.807) is 17.4 Å². The van der Waals surface area contributed by atoms with E-state index in [1.807, 2.05) is 57.3 Å². The van der Waals surface area contributed by atoms with Crippen molar-refractivity contribution in [2.75, 3.05) is 0 Å². The van der Waals surface area contributed by atoms with E-state index < -0.39 is 0 Å². The predicted molar refractivity (Wildman–Crippen MR) is 94.6 cm³/mol. The summed E-state index contributed by atoms with van der Waals surface area (Å²) in [5.74, 6) is 0.649. The van der Waals surface area contributed by atoms with Crippen LogP contribution in [-0.2, 0) is 11.4 Å². The van der Waals surface area contributed by atoms with E-state index in [0.29, 0.717) is 6.61 Å². The number of aryl methyl sites for hydroxylation is 1. The zero-order valence-electron chi connectivity index (χ0n) is 13.9. The predicted octanol–water partition coefficient (Wildman–Crippen LogP) is 3.96. The van der Waals surface area contributed by atoms with E-state index in [-0.39, 0.29) is 11.4 Å². The molecule has 0 fully saturated rings. The zero-order valence-corrected chi connectivity index (χ0v) is 14.7. The first-order valence-electron chi connectivity index (χ1n) is 7.46. The monoisotopic (exact) mass is 330 g/mol. The molecule has 0 aliphatic rings. The minimum Gasteiger partial charge on any atom is -0.487 e.